The summed E-state index contributed by atoms with van der Waals surface area (Å²) in [6.45, 7) is 2.18. The second-order valence-corrected chi connectivity index (χ2v) is 9.54. The van der Waals surface area contributed by atoms with E-state index in [0.29, 0.717) is 11.3 Å². The average Bonchev–Trinajstić information content (AvgIpc) is 3.38. The number of aryl methyl sites for hydroxylation is 1. The van der Waals surface area contributed by atoms with E-state index in [9.17, 15) is 14.7 Å². The number of benzene rings is 1. The molecule has 1 fully saturated rings. The van der Waals surface area contributed by atoms with Crippen molar-refractivity contribution in [2.75, 3.05) is 4.90 Å². The van der Waals surface area contributed by atoms with Crippen molar-refractivity contribution in [1.29, 1.82) is 0 Å². The molecule has 6 heteroatoms. The zero-order chi connectivity index (χ0) is 22.2. The smallest absolute Gasteiger partial charge is 0.345 e. The van der Waals surface area contributed by atoms with Gasteiger partial charge in [-0.15, -0.1) is 11.3 Å². The van der Waals surface area contributed by atoms with Crippen LogP contribution in [-0.2, 0) is 11.2 Å². The number of nitrogens with zero attached hydrogens (tertiary/aromatic N) is 1. The Bertz CT molecular complexity index is 861. The maximum Gasteiger partial charge on any atom is 0.345 e. The minimum atomic E-state index is -0.877. The summed E-state index contributed by atoms with van der Waals surface area (Å²) in [5.41, 5.74) is 1.81. The summed E-state index contributed by atoms with van der Waals surface area (Å²) >= 11 is 1.33. The quantitative estimate of drug-likeness (QED) is 0.396. The van der Waals surface area contributed by atoms with Gasteiger partial charge in [-0.3, -0.25) is 4.79 Å². The SMILES string of the molecule is CCCCCC[C@@H](O)c1ccc(N2C(=O)CC[C@@H]2CCCc2ccc(C(=O)O)s2)cc1. The fourth-order valence-corrected chi connectivity index (χ4v) is 5.19. The molecule has 3 rings (SSSR count). The Balaban J connectivity index is 1.54. The Morgan fingerprint density at radius 1 is 1.13 bits per heavy atom. The molecule has 168 valence electrons. The van der Waals surface area contributed by atoms with Crippen molar-refractivity contribution in [3.8, 4) is 0 Å². The van der Waals surface area contributed by atoms with Crippen LogP contribution in [0.2, 0.25) is 0 Å². The third kappa shape index (κ3) is 6.40. The van der Waals surface area contributed by atoms with Crippen molar-refractivity contribution < 1.29 is 19.8 Å². The van der Waals surface area contributed by atoms with Gasteiger partial charge in [0.15, 0.2) is 0 Å². The van der Waals surface area contributed by atoms with Gasteiger partial charge in [-0.2, -0.15) is 0 Å². The van der Waals surface area contributed by atoms with E-state index in [2.05, 4.69) is 6.92 Å². The van der Waals surface area contributed by atoms with E-state index in [0.717, 1.165) is 61.1 Å². The highest BCUT2D eigenvalue weighted by Crippen LogP contribution is 2.31. The van der Waals surface area contributed by atoms with Gasteiger partial charge >= 0.3 is 5.97 Å². The van der Waals surface area contributed by atoms with Crippen molar-refractivity contribution in [3.05, 3.63) is 51.7 Å². The summed E-state index contributed by atoms with van der Waals surface area (Å²) in [5.74, 6) is -0.722. The second kappa shape index (κ2) is 11.4. The topological polar surface area (TPSA) is 77.8 Å². The molecule has 2 N–H and O–H groups in total. The lowest BCUT2D eigenvalue weighted by Gasteiger charge is -2.25. The summed E-state index contributed by atoms with van der Waals surface area (Å²) < 4.78 is 0. The number of thiophene rings is 1. The second-order valence-electron chi connectivity index (χ2n) is 8.38. The van der Waals surface area contributed by atoms with Crippen molar-refractivity contribution in [1.82, 2.24) is 0 Å². The number of rotatable bonds is 12. The molecule has 0 bridgehead atoms. The van der Waals surface area contributed by atoms with Crippen LogP contribution in [0.5, 0.6) is 0 Å². The number of hydrogen-bond acceptors (Lipinski definition) is 4. The largest absolute Gasteiger partial charge is 0.477 e. The number of carbonyl (C=O) groups is 2. The molecule has 31 heavy (non-hydrogen) atoms. The van der Waals surface area contributed by atoms with E-state index < -0.39 is 12.1 Å². The molecule has 0 saturated carbocycles. The Kier molecular flexibility index (Phi) is 8.67. The molecule has 1 amide bonds. The normalized spacial score (nSPS) is 17.3. The number of carbonyl (C=O) groups excluding carboxylic acids is 1. The number of unbranched alkanes of at least 4 members (excludes halogenated alkanes) is 3. The Hall–Kier alpha value is -2.18. The lowest BCUT2D eigenvalue weighted by atomic mass is 10.0. The molecule has 1 aliphatic heterocycles. The highest BCUT2D eigenvalue weighted by molar-refractivity contribution is 7.13. The number of aliphatic hydroxyl groups is 1. The van der Waals surface area contributed by atoms with Crippen LogP contribution in [0.3, 0.4) is 0 Å². The van der Waals surface area contributed by atoms with Crippen LogP contribution >= 0.6 is 11.3 Å². The fraction of sp³-hybridized carbons (Fsp3) is 0.520. The summed E-state index contributed by atoms with van der Waals surface area (Å²) in [7, 11) is 0. The van der Waals surface area contributed by atoms with E-state index in [1.165, 1.54) is 24.2 Å². The Morgan fingerprint density at radius 3 is 2.58 bits per heavy atom. The van der Waals surface area contributed by atoms with Gasteiger partial charge < -0.3 is 15.1 Å². The van der Waals surface area contributed by atoms with E-state index in [4.69, 9.17) is 5.11 Å². The molecule has 0 aliphatic carbocycles. The third-order valence-corrected chi connectivity index (χ3v) is 7.18. The molecule has 1 aliphatic rings. The monoisotopic (exact) mass is 443 g/mol. The van der Waals surface area contributed by atoms with Crippen LogP contribution in [0.25, 0.3) is 0 Å². The van der Waals surface area contributed by atoms with Crippen LogP contribution in [-0.4, -0.2) is 28.1 Å². The first kappa shape index (κ1) is 23.5. The first-order valence-corrected chi connectivity index (χ1v) is 12.2. The first-order valence-electron chi connectivity index (χ1n) is 11.4. The first-order chi connectivity index (χ1) is 15.0. The number of anilines is 1. The fourth-order valence-electron chi connectivity index (χ4n) is 4.30. The van der Waals surface area contributed by atoms with E-state index in [1.54, 1.807) is 6.07 Å². The molecule has 2 aromatic rings. The summed E-state index contributed by atoms with van der Waals surface area (Å²) in [4.78, 5) is 26.9. The molecule has 0 spiro atoms. The molecule has 0 radical (unpaired) electrons. The molecule has 5 nitrogen and oxygen atoms in total. The van der Waals surface area contributed by atoms with Crippen LogP contribution in [0.4, 0.5) is 5.69 Å². The lowest BCUT2D eigenvalue weighted by molar-refractivity contribution is -0.117. The molecular weight excluding hydrogens is 410 g/mol. The van der Waals surface area contributed by atoms with Crippen molar-refractivity contribution >= 4 is 28.9 Å². The van der Waals surface area contributed by atoms with Crippen LogP contribution in [0.1, 0.15) is 90.9 Å². The predicted molar refractivity (Wildman–Crippen MR) is 125 cm³/mol. The zero-order valence-electron chi connectivity index (χ0n) is 18.3. The van der Waals surface area contributed by atoms with E-state index in [1.807, 2.05) is 35.2 Å². The number of carboxylic acids is 1. The van der Waals surface area contributed by atoms with Crippen molar-refractivity contribution in [3.63, 3.8) is 0 Å². The van der Waals surface area contributed by atoms with Crippen LogP contribution < -0.4 is 4.90 Å². The number of aromatic carboxylic acids is 1. The molecule has 2 atom stereocenters. The Morgan fingerprint density at radius 2 is 1.90 bits per heavy atom. The zero-order valence-corrected chi connectivity index (χ0v) is 19.1. The molecule has 1 aromatic carbocycles. The molecular formula is C25H33NO4S. The molecule has 1 aromatic heterocycles. The van der Waals surface area contributed by atoms with Gasteiger partial charge in [0.05, 0.1) is 6.10 Å². The third-order valence-electron chi connectivity index (χ3n) is 6.05. The number of aliphatic hydroxyl groups excluding tert-OH is 1. The number of hydrogen-bond donors (Lipinski definition) is 2. The van der Waals surface area contributed by atoms with Gasteiger partial charge in [0.1, 0.15) is 4.88 Å². The van der Waals surface area contributed by atoms with Gasteiger partial charge in [-0.1, -0.05) is 44.7 Å². The Labute approximate surface area is 188 Å². The van der Waals surface area contributed by atoms with Crippen molar-refractivity contribution in [2.45, 2.75) is 83.3 Å². The summed E-state index contributed by atoms with van der Waals surface area (Å²) in [6, 6.07) is 11.5. The van der Waals surface area contributed by atoms with Crippen LogP contribution in [0.15, 0.2) is 36.4 Å². The molecule has 2 heterocycles. The molecule has 1 saturated heterocycles. The number of carboxylic acid groups (broad SMARTS) is 1. The van der Waals surface area contributed by atoms with Gasteiger partial charge in [0.2, 0.25) is 5.91 Å². The highest BCUT2D eigenvalue weighted by atomic mass is 32.1. The highest BCUT2D eigenvalue weighted by Gasteiger charge is 2.31. The summed E-state index contributed by atoms with van der Waals surface area (Å²) in [6.07, 6.45) is 8.97. The standard InChI is InChI=1S/C25H33NO4S/c1-2-3-4-5-9-22(27)18-10-12-20(13-11-18)26-19(14-17-24(26)28)7-6-8-21-15-16-23(31-21)25(29)30/h10-13,15-16,19,22,27H,2-9,14,17H2,1H3,(H,29,30)/t19-,22+/m0/s1. The molecule has 0 unspecified atom stereocenters. The lowest BCUT2D eigenvalue weighted by Crippen LogP contribution is -2.32. The van der Waals surface area contributed by atoms with Gasteiger partial charge in [0, 0.05) is 23.0 Å². The number of amides is 1. The van der Waals surface area contributed by atoms with Gasteiger partial charge in [0.25, 0.3) is 0 Å². The van der Waals surface area contributed by atoms with Crippen molar-refractivity contribution in [2.24, 2.45) is 0 Å². The maximum atomic E-state index is 12.5. The van der Waals surface area contributed by atoms with Gasteiger partial charge in [-0.05, 0) is 61.9 Å². The average molecular weight is 444 g/mol. The van der Waals surface area contributed by atoms with Crippen LogP contribution in [0, 0.1) is 0 Å². The minimum Gasteiger partial charge on any atom is -0.477 e. The summed E-state index contributed by atoms with van der Waals surface area (Å²) in [5, 5.41) is 19.5. The van der Waals surface area contributed by atoms with E-state index >= 15 is 0 Å². The maximum absolute atomic E-state index is 12.5. The minimum absolute atomic E-state index is 0.155. The van der Waals surface area contributed by atoms with E-state index in [-0.39, 0.29) is 11.9 Å². The predicted octanol–water partition coefficient (Wildman–Crippen LogP) is 5.97. The van der Waals surface area contributed by atoms with Gasteiger partial charge in [-0.25, -0.2) is 4.79 Å².